The highest BCUT2D eigenvalue weighted by Crippen LogP contribution is 2.17. The van der Waals surface area contributed by atoms with E-state index in [1.807, 2.05) is 12.1 Å². The summed E-state index contributed by atoms with van der Waals surface area (Å²) in [6.45, 7) is 0. The molecule has 0 bridgehead atoms. The molecule has 1 fully saturated rings. The van der Waals surface area contributed by atoms with Gasteiger partial charge in [-0.3, -0.25) is 4.79 Å². The summed E-state index contributed by atoms with van der Waals surface area (Å²) in [5.41, 5.74) is 0.127. The van der Waals surface area contributed by atoms with E-state index in [0.29, 0.717) is 5.76 Å². The summed E-state index contributed by atoms with van der Waals surface area (Å²) in [6.07, 6.45) is 13.3. The second-order valence-electron chi connectivity index (χ2n) is 5.23. The third kappa shape index (κ3) is 4.96. The Bertz CT molecular complexity index is 542. The average Bonchev–Trinajstić information content (AvgIpc) is 2.87. The molecule has 0 spiro atoms. The number of furan rings is 1. The Morgan fingerprint density at radius 3 is 2.71 bits per heavy atom. The monoisotopic (exact) mass is 284 g/mol. The molecule has 1 saturated carbocycles. The minimum absolute atomic E-state index is 0.127. The summed E-state index contributed by atoms with van der Waals surface area (Å²) in [6, 6.07) is 5.75. The molecule has 1 heterocycles. The van der Waals surface area contributed by atoms with E-state index in [1.54, 1.807) is 24.5 Å². The number of nitrogens with zero attached hydrogens (tertiary/aromatic N) is 1. The van der Waals surface area contributed by atoms with Gasteiger partial charge in [-0.25, -0.2) is 0 Å². The maximum atomic E-state index is 12.1. The lowest BCUT2D eigenvalue weighted by Crippen LogP contribution is -2.35. The molecule has 0 aliphatic heterocycles. The Labute approximate surface area is 125 Å². The smallest absolute Gasteiger partial charge is 0.262 e. The zero-order valence-corrected chi connectivity index (χ0v) is 12.0. The maximum absolute atomic E-state index is 12.1. The molecule has 1 N–H and O–H groups in total. The number of hydrogen-bond acceptors (Lipinski definition) is 3. The van der Waals surface area contributed by atoms with Crippen molar-refractivity contribution in [3.8, 4) is 6.07 Å². The molecule has 1 aromatic rings. The van der Waals surface area contributed by atoms with Crippen LogP contribution in [0.1, 0.15) is 44.3 Å². The van der Waals surface area contributed by atoms with Crippen molar-refractivity contribution in [3.05, 3.63) is 41.9 Å². The molecule has 21 heavy (non-hydrogen) atoms. The van der Waals surface area contributed by atoms with E-state index in [1.165, 1.54) is 18.9 Å². The normalized spacial score (nSPS) is 17.4. The highest BCUT2D eigenvalue weighted by atomic mass is 16.3. The summed E-state index contributed by atoms with van der Waals surface area (Å²) in [5.74, 6) is 0.404. The van der Waals surface area contributed by atoms with Crippen molar-refractivity contribution >= 4 is 12.0 Å². The molecule has 0 atom stereocenters. The van der Waals surface area contributed by atoms with Gasteiger partial charge in [0.1, 0.15) is 17.4 Å². The van der Waals surface area contributed by atoms with Gasteiger partial charge in [0, 0.05) is 6.04 Å². The van der Waals surface area contributed by atoms with Crippen molar-refractivity contribution in [1.29, 1.82) is 5.26 Å². The van der Waals surface area contributed by atoms with Crippen molar-refractivity contribution < 1.29 is 9.21 Å². The fraction of sp³-hybridized carbons (Fsp3) is 0.412. The summed E-state index contributed by atoms with van der Waals surface area (Å²) in [7, 11) is 0. The number of rotatable bonds is 4. The van der Waals surface area contributed by atoms with Crippen LogP contribution in [0.2, 0.25) is 0 Å². The third-order valence-corrected chi connectivity index (χ3v) is 3.62. The molecule has 0 aromatic carbocycles. The van der Waals surface area contributed by atoms with Crippen molar-refractivity contribution in [3.63, 3.8) is 0 Å². The minimum atomic E-state index is -0.284. The van der Waals surface area contributed by atoms with Crippen LogP contribution in [0.25, 0.3) is 6.08 Å². The van der Waals surface area contributed by atoms with Crippen LogP contribution in [0.4, 0.5) is 0 Å². The van der Waals surface area contributed by atoms with Crippen LogP contribution >= 0.6 is 0 Å². The molecule has 2 rings (SSSR count). The maximum Gasteiger partial charge on any atom is 0.262 e. The first kappa shape index (κ1) is 15.1. The number of nitrogens with one attached hydrogen (secondary N) is 1. The largest absolute Gasteiger partial charge is 0.465 e. The van der Waals surface area contributed by atoms with Crippen LogP contribution in [0.15, 0.2) is 40.5 Å². The Balaban J connectivity index is 1.93. The highest BCUT2D eigenvalue weighted by Gasteiger charge is 2.16. The molecule has 110 valence electrons. The van der Waals surface area contributed by atoms with E-state index in [-0.39, 0.29) is 17.5 Å². The predicted molar refractivity (Wildman–Crippen MR) is 81.1 cm³/mol. The predicted octanol–water partition coefficient (Wildman–Crippen LogP) is 3.58. The van der Waals surface area contributed by atoms with Gasteiger partial charge in [-0.15, -0.1) is 0 Å². The van der Waals surface area contributed by atoms with Crippen molar-refractivity contribution in [2.45, 2.75) is 44.6 Å². The lowest BCUT2D eigenvalue weighted by atomic mass is 10.1. The first-order chi connectivity index (χ1) is 10.3. The third-order valence-electron chi connectivity index (χ3n) is 3.62. The SMILES string of the molecule is N#C/C(=C\C=C\c1ccco1)C(=O)NC1CCCCCC1. The summed E-state index contributed by atoms with van der Waals surface area (Å²) in [5, 5.41) is 12.1. The first-order valence-corrected chi connectivity index (χ1v) is 7.42. The number of nitriles is 1. The number of amides is 1. The first-order valence-electron chi connectivity index (χ1n) is 7.42. The van der Waals surface area contributed by atoms with Crippen LogP contribution in [-0.2, 0) is 4.79 Å². The van der Waals surface area contributed by atoms with Gasteiger partial charge < -0.3 is 9.73 Å². The second kappa shape index (κ2) is 8.11. The van der Waals surface area contributed by atoms with Gasteiger partial charge in [-0.05, 0) is 37.1 Å². The molecule has 1 aliphatic carbocycles. The Morgan fingerprint density at radius 2 is 2.10 bits per heavy atom. The van der Waals surface area contributed by atoms with Gasteiger partial charge in [0.2, 0.25) is 0 Å². The molecule has 1 aromatic heterocycles. The Morgan fingerprint density at radius 1 is 1.33 bits per heavy atom. The van der Waals surface area contributed by atoms with Gasteiger partial charge in [0.05, 0.1) is 6.26 Å². The zero-order chi connectivity index (χ0) is 14.9. The Kier molecular flexibility index (Phi) is 5.83. The van der Waals surface area contributed by atoms with Gasteiger partial charge in [-0.2, -0.15) is 5.26 Å². The highest BCUT2D eigenvalue weighted by molar-refractivity contribution is 5.97. The lowest BCUT2D eigenvalue weighted by Gasteiger charge is -2.15. The quantitative estimate of drug-likeness (QED) is 0.398. The van der Waals surface area contributed by atoms with Crippen LogP contribution in [0, 0.1) is 11.3 Å². The van der Waals surface area contributed by atoms with Gasteiger partial charge in [0.15, 0.2) is 0 Å². The topological polar surface area (TPSA) is 66.0 Å². The lowest BCUT2D eigenvalue weighted by molar-refractivity contribution is -0.117. The standard InChI is InChI=1S/C17H20N2O2/c18-13-14(7-5-10-16-11-6-12-21-16)17(20)19-15-8-3-1-2-4-9-15/h5-7,10-12,15H,1-4,8-9H2,(H,19,20)/b10-5+,14-7+. The Hall–Kier alpha value is -2.28. The summed E-state index contributed by atoms with van der Waals surface area (Å²) < 4.78 is 5.15. The van der Waals surface area contributed by atoms with Gasteiger partial charge in [-0.1, -0.05) is 31.8 Å². The zero-order valence-electron chi connectivity index (χ0n) is 12.0. The van der Waals surface area contributed by atoms with Gasteiger partial charge >= 0.3 is 0 Å². The van der Waals surface area contributed by atoms with E-state index < -0.39 is 0 Å². The second-order valence-corrected chi connectivity index (χ2v) is 5.23. The minimum Gasteiger partial charge on any atom is -0.465 e. The molecule has 0 radical (unpaired) electrons. The summed E-state index contributed by atoms with van der Waals surface area (Å²) in [4.78, 5) is 12.1. The fourth-order valence-electron chi connectivity index (χ4n) is 2.48. The van der Waals surface area contributed by atoms with Crippen LogP contribution in [0.5, 0.6) is 0 Å². The molecule has 1 aliphatic rings. The van der Waals surface area contributed by atoms with E-state index in [4.69, 9.17) is 9.68 Å². The van der Waals surface area contributed by atoms with Crippen LogP contribution < -0.4 is 5.32 Å². The van der Waals surface area contributed by atoms with Crippen LogP contribution in [0.3, 0.4) is 0 Å². The van der Waals surface area contributed by atoms with Crippen molar-refractivity contribution in [2.75, 3.05) is 0 Å². The number of carbonyl (C=O) groups excluding carboxylic acids is 1. The van der Waals surface area contributed by atoms with Gasteiger partial charge in [0.25, 0.3) is 5.91 Å². The number of hydrogen-bond donors (Lipinski definition) is 1. The average molecular weight is 284 g/mol. The molecular formula is C17H20N2O2. The van der Waals surface area contributed by atoms with E-state index in [2.05, 4.69) is 5.32 Å². The van der Waals surface area contributed by atoms with Crippen molar-refractivity contribution in [2.24, 2.45) is 0 Å². The fourth-order valence-corrected chi connectivity index (χ4v) is 2.48. The molecule has 4 nitrogen and oxygen atoms in total. The van der Waals surface area contributed by atoms with E-state index in [9.17, 15) is 4.79 Å². The number of allylic oxidation sites excluding steroid dienone is 2. The van der Waals surface area contributed by atoms with Crippen molar-refractivity contribution in [1.82, 2.24) is 5.32 Å². The molecule has 0 unspecified atom stereocenters. The van der Waals surface area contributed by atoms with E-state index in [0.717, 1.165) is 25.7 Å². The van der Waals surface area contributed by atoms with Crippen LogP contribution in [-0.4, -0.2) is 11.9 Å². The molecular weight excluding hydrogens is 264 g/mol. The number of carbonyl (C=O) groups is 1. The molecule has 0 saturated heterocycles. The summed E-state index contributed by atoms with van der Waals surface area (Å²) >= 11 is 0. The molecule has 4 heteroatoms. The molecule has 1 amide bonds. The van der Waals surface area contributed by atoms with E-state index >= 15 is 0 Å².